The maximum absolute atomic E-state index is 13.4. The molecule has 2 N–H and O–H groups in total. The fourth-order valence-corrected chi connectivity index (χ4v) is 2.15. The van der Waals surface area contributed by atoms with E-state index in [-0.39, 0.29) is 11.9 Å². The molecule has 0 aliphatic carbocycles. The third-order valence-corrected chi connectivity index (χ3v) is 3.30. The lowest BCUT2D eigenvalue weighted by molar-refractivity contribution is 0.614. The van der Waals surface area contributed by atoms with Gasteiger partial charge in [0.15, 0.2) is 0 Å². The van der Waals surface area contributed by atoms with Gasteiger partial charge in [0.25, 0.3) is 0 Å². The molecule has 0 fully saturated rings. The Bertz CT molecular complexity index is 507. The van der Waals surface area contributed by atoms with Crippen LogP contribution in [0.4, 0.5) is 4.39 Å². The number of hydrogen-bond acceptors (Lipinski definition) is 3. The summed E-state index contributed by atoms with van der Waals surface area (Å²) in [6.45, 7) is 3.66. The molecule has 0 bridgehead atoms. The number of benzene rings is 1. The highest BCUT2D eigenvalue weighted by Gasteiger charge is 2.13. The van der Waals surface area contributed by atoms with E-state index in [1.165, 1.54) is 6.07 Å². The van der Waals surface area contributed by atoms with E-state index < -0.39 is 0 Å². The Morgan fingerprint density at radius 3 is 2.69 bits per heavy atom. The monoisotopic (exact) mass is 236 g/mol. The minimum Gasteiger partial charge on any atom is -0.319 e. The number of nitrogens with two attached hydrogens (primary N) is 1. The lowest BCUT2D eigenvalue weighted by Crippen LogP contribution is -2.12. The maximum atomic E-state index is 13.4. The van der Waals surface area contributed by atoms with Gasteiger partial charge in [-0.2, -0.15) is 0 Å². The Hall–Kier alpha value is -1.26. The van der Waals surface area contributed by atoms with Crippen LogP contribution in [0.25, 0.3) is 0 Å². The van der Waals surface area contributed by atoms with Crippen molar-refractivity contribution >= 4 is 11.3 Å². The van der Waals surface area contributed by atoms with E-state index in [1.807, 2.05) is 18.4 Å². The van der Waals surface area contributed by atoms with Crippen LogP contribution in [0, 0.1) is 19.7 Å². The summed E-state index contributed by atoms with van der Waals surface area (Å²) in [5, 5.41) is 2.88. The molecule has 0 spiro atoms. The fraction of sp³-hybridized carbons (Fsp3) is 0.250. The van der Waals surface area contributed by atoms with Crippen LogP contribution < -0.4 is 5.73 Å². The lowest BCUT2D eigenvalue weighted by atomic mass is 10.0. The zero-order valence-corrected chi connectivity index (χ0v) is 10.0. The lowest BCUT2D eigenvalue weighted by Gasteiger charge is -2.10. The third kappa shape index (κ3) is 2.13. The predicted molar refractivity (Wildman–Crippen MR) is 64.0 cm³/mol. The van der Waals surface area contributed by atoms with E-state index in [9.17, 15) is 4.39 Å². The van der Waals surface area contributed by atoms with Gasteiger partial charge < -0.3 is 5.73 Å². The molecule has 2 aromatic rings. The highest BCUT2D eigenvalue weighted by molar-refractivity contribution is 7.09. The van der Waals surface area contributed by atoms with Crippen LogP contribution in [0.2, 0.25) is 0 Å². The first-order valence-corrected chi connectivity index (χ1v) is 5.89. The summed E-state index contributed by atoms with van der Waals surface area (Å²) in [4.78, 5) is 4.31. The van der Waals surface area contributed by atoms with E-state index in [1.54, 1.807) is 24.3 Å². The Kier molecular flexibility index (Phi) is 3.03. The van der Waals surface area contributed by atoms with Crippen LogP contribution in [0.15, 0.2) is 23.6 Å². The molecule has 1 heterocycles. The van der Waals surface area contributed by atoms with Crippen LogP contribution in [0.5, 0.6) is 0 Å². The fourth-order valence-electron chi connectivity index (χ4n) is 1.50. The predicted octanol–water partition coefficient (Wildman–Crippen LogP) is 2.95. The number of aryl methyl sites for hydroxylation is 2. The van der Waals surface area contributed by atoms with Gasteiger partial charge in [-0.1, -0.05) is 12.1 Å². The van der Waals surface area contributed by atoms with Crippen LogP contribution in [-0.2, 0) is 0 Å². The van der Waals surface area contributed by atoms with Gasteiger partial charge in [-0.3, -0.25) is 0 Å². The van der Waals surface area contributed by atoms with Gasteiger partial charge >= 0.3 is 0 Å². The Labute approximate surface area is 97.9 Å². The molecule has 1 aromatic heterocycles. The number of aromatic nitrogens is 1. The van der Waals surface area contributed by atoms with E-state index >= 15 is 0 Å². The summed E-state index contributed by atoms with van der Waals surface area (Å²) in [5.74, 6) is -0.222. The summed E-state index contributed by atoms with van der Waals surface area (Å²) < 4.78 is 13.4. The van der Waals surface area contributed by atoms with Crippen molar-refractivity contribution in [3.8, 4) is 0 Å². The molecule has 1 aromatic carbocycles. The second kappa shape index (κ2) is 4.31. The van der Waals surface area contributed by atoms with Gasteiger partial charge in [-0.05, 0) is 31.0 Å². The smallest absolute Gasteiger partial charge is 0.126 e. The first-order valence-electron chi connectivity index (χ1n) is 5.01. The second-order valence-electron chi connectivity index (χ2n) is 3.78. The molecule has 1 unspecified atom stereocenters. The number of hydrogen-bond donors (Lipinski definition) is 1. The standard InChI is InChI=1S/C12H13FN2S/c1-7-3-4-9(5-10(7)13)12(14)11-6-16-8(2)15-11/h3-6,12H,14H2,1-2H3. The van der Waals surface area contributed by atoms with Gasteiger partial charge in [-0.15, -0.1) is 11.3 Å². The summed E-state index contributed by atoms with van der Waals surface area (Å²) >= 11 is 1.55. The first kappa shape index (κ1) is 11.2. The molecule has 0 aliphatic rings. The third-order valence-electron chi connectivity index (χ3n) is 2.51. The SMILES string of the molecule is Cc1nc(C(N)c2ccc(C)c(F)c2)cs1. The largest absolute Gasteiger partial charge is 0.319 e. The maximum Gasteiger partial charge on any atom is 0.126 e. The molecule has 2 nitrogen and oxygen atoms in total. The highest BCUT2D eigenvalue weighted by Crippen LogP contribution is 2.22. The molecule has 0 saturated carbocycles. The van der Waals surface area contributed by atoms with E-state index in [2.05, 4.69) is 4.98 Å². The highest BCUT2D eigenvalue weighted by atomic mass is 32.1. The molecular formula is C12H13FN2S. The average molecular weight is 236 g/mol. The average Bonchev–Trinajstić information content (AvgIpc) is 2.68. The Morgan fingerprint density at radius 2 is 2.12 bits per heavy atom. The van der Waals surface area contributed by atoms with Gasteiger partial charge in [0.05, 0.1) is 16.7 Å². The normalized spacial score (nSPS) is 12.8. The van der Waals surface area contributed by atoms with Crippen molar-refractivity contribution < 1.29 is 4.39 Å². The molecule has 0 radical (unpaired) electrons. The van der Waals surface area contributed by atoms with E-state index in [4.69, 9.17) is 5.73 Å². The first-order chi connectivity index (χ1) is 7.58. The number of thiazole rings is 1. The zero-order valence-electron chi connectivity index (χ0n) is 9.20. The van der Waals surface area contributed by atoms with Crippen molar-refractivity contribution in [1.82, 2.24) is 4.98 Å². The second-order valence-corrected chi connectivity index (χ2v) is 4.84. The van der Waals surface area contributed by atoms with Crippen LogP contribution >= 0.6 is 11.3 Å². The zero-order chi connectivity index (χ0) is 11.7. The van der Waals surface area contributed by atoms with Crippen molar-refractivity contribution in [2.24, 2.45) is 5.73 Å². The van der Waals surface area contributed by atoms with Gasteiger partial charge in [0.2, 0.25) is 0 Å². The molecule has 0 saturated heterocycles. The number of halogens is 1. The molecular weight excluding hydrogens is 223 g/mol. The number of nitrogens with zero attached hydrogens (tertiary/aromatic N) is 1. The summed E-state index contributed by atoms with van der Waals surface area (Å²) in [6.07, 6.45) is 0. The summed E-state index contributed by atoms with van der Waals surface area (Å²) in [5.41, 5.74) is 8.21. The van der Waals surface area contributed by atoms with Crippen LogP contribution in [0.3, 0.4) is 0 Å². The molecule has 0 aliphatic heterocycles. The van der Waals surface area contributed by atoms with Crippen LogP contribution in [0.1, 0.15) is 27.9 Å². The Balaban J connectivity index is 2.33. The van der Waals surface area contributed by atoms with E-state index in [0.717, 1.165) is 16.3 Å². The molecule has 2 rings (SSSR count). The van der Waals surface area contributed by atoms with Crippen LogP contribution in [-0.4, -0.2) is 4.98 Å². The molecule has 4 heteroatoms. The Morgan fingerprint density at radius 1 is 1.38 bits per heavy atom. The minimum absolute atomic E-state index is 0.222. The number of rotatable bonds is 2. The van der Waals surface area contributed by atoms with Crippen molar-refractivity contribution in [2.45, 2.75) is 19.9 Å². The van der Waals surface area contributed by atoms with Crippen molar-refractivity contribution in [3.05, 3.63) is 51.2 Å². The quantitative estimate of drug-likeness (QED) is 0.870. The molecule has 84 valence electrons. The molecule has 16 heavy (non-hydrogen) atoms. The van der Waals surface area contributed by atoms with Crippen molar-refractivity contribution in [2.75, 3.05) is 0 Å². The minimum atomic E-state index is -0.347. The van der Waals surface area contributed by atoms with Crippen molar-refractivity contribution in [3.63, 3.8) is 0 Å². The van der Waals surface area contributed by atoms with Gasteiger partial charge in [0, 0.05) is 5.38 Å². The summed E-state index contributed by atoms with van der Waals surface area (Å²) in [6, 6.07) is 4.72. The summed E-state index contributed by atoms with van der Waals surface area (Å²) in [7, 11) is 0. The topological polar surface area (TPSA) is 38.9 Å². The van der Waals surface area contributed by atoms with Crippen molar-refractivity contribution in [1.29, 1.82) is 0 Å². The van der Waals surface area contributed by atoms with Gasteiger partial charge in [-0.25, -0.2) is 9.37 Å². The van der Waals surface area contributed by atoms with E-state index in [0.29, 0.717) is 5.56 Å². The van der Waals surface area contributed by atoms with Gasteiger partial charge in [0.1, 0.15) is 5.82 Å². The molecule has 0 amide bonds. The molecule has 1 atom stereocenters.